The summed E-state index contributed by atoms with van der Waals surface area (Å²) in [4.78, 5) is 0. The molecule has 0 bridgehead atoms. The van der Waals surface area contributed by atoms with E-state index in [9.17, 15) is 0 Å². The van der Waals surface area contributed by atoms with E-state index in [0.717, 1.165) is 23.1 Å². The molecular formula is C12H14BrN3. The van der Waals surface area contributed by atoms with E-state index in [1.807, 2.05) is 10.9 Å². The van der Waals surface area contributed by atoms with E-state index in [2.05, 4.69) is 58.3 Å². The van der Waals surface area contributed by atoms with Crippen LogP contribution in [0, 0.1) is 13.8 Å². The Morgan fingerprint density at radius 1 is 1.25 bits per heavy atom. The molecule has 4 heteroatoms. The molecule has 0 N–H and O–H groups in total. The minimum absolute atomic E-state index is 0.908. The first-order valence-electron chi connectivity index (χ1n) is 5.25. The number of aromatic nitrogens is 3. The van der Waals surface area contributed by atoms with Crippen molar-refractivity contribution in [2.24, 2.45) is 0 Å². The number of halogens is 1. The normalized spacial score (nSPS) is 10.7. The lowest BCUT2D eigenvalue weighted by Crippen LogP contribution is -1.96. The molecule has 0 aliphatic heterocycles. The maximum atomic E-state index is 4.12. The van der Waals surface area contributed by atoms with Crippen molar-refractivity contribution in [1.29, 1.82) is 0 Å². The molecule has 16 heavy (non-hydrogen) atoms. The Morgan fingerprint density at radius 2 is 2.06 bits per heavy atom. The molecule has 0 fully saturated rings. The number of nitrogens with zero attached hydrogens (tertiary/aromatic N) is 3. The molecule has 0 amide bonds. The zero-order valence-electron chi connectivity index (χ0n) is 9.44. The van der Waals surface area contributed by atoms with Gasteiger partial charge in [0.2, 0.25) is 0 Å². The van der Waals surface area contributed by atoms with Gasteiger partial charge in [-0.2, -0.15) is 0 Å². The highest BCUT2D eigenvalue weighted by molar-refractivity contribution is 9.09. The third-order valence-electron chi connectivity index (χ3n) is 2.65. The van der Waals surface area contributed by atoms with Crippen molar-refractivity contribution in [3.8, 4) is 5.69 Å². The first-order chi connectivity index (χ1) is 7.70. The highest BCUT2D eigenvalue weighted by Crippen LogP contribution is 2.13. The van der Waals surface area contributed by atoms with E-state index in [4.69, 9.17) is 0 Å². The molecular weight excluding hydrogens is 266 g/mol. The van der Waals surface area contributed by atoms with E-state index in [1.54, 1.807) is 0 Å². The summed E-state index contributed by atoms with van der Waals surface area (Å²) in [7, 11) is 0. The van der Waals surface area contributed by atoms with Crippen LogP contribution < -0.4 is 0 Å². The van der Waals surface area contributed by atoms with Gasteiger partial charge in [-0.3, -0.25) is 0 Å². The zero-order chi connectivity index (χ0) is 11.5. The molecule has 0 atom stereocenters. The van der Waals surface area contributed by atoms with Gasteiger partial charge in [0.1, 0.15) is 0 Å². The summed E-state index contributed by atoms with van der Waals surface area (Å²) in [6.07, 6.45) is 2.89. The van der Waals surface area contributed by atoms with Gasteiger partial charge < -0.3 is 0 Å². The molecule has 84 valence electrons. The molecule has 1 aromatic carbocycles. The SMILES string of the molecule is Cc1ccc(-n2cc(CCBr)nn2)cc1C. The summed E-state index contributed by atoms with van der Waals surface area (Å²) in [5.41, 5.74) is 4.64. The van der Waals surface area contributed by atoms with Gasteiger partial charge in [0.05, 0.1) is 17.6 Å². The van der Waals surface area contributed by atoms with Crippen molar-refractivity contribution in [1.82, 2.24) is 15.0 Å². The van der Waals surface area contributed by atoms with Gasteiger partial charge >= 0.3 is 0 Å². The molecule has 0 unspecified atom stereocenters. The van der Waals surface area contributed by atoms with Crippen molar-refractivity contribution in [3.63, 3.8) is 0 Å². The summed E-state index contributed by atoms with van der Waals surface area (Å²) in [5.74, 6) is 0. The predicted octanol–water partition coefficient (Wildman–Crippen LogP) is 2.82. The largest absolute Gasteiger partial charge is 0.220 e. The van der Waals surface area contributed by atoms with Gasteiger partial charge in [-0.1, -0.05) is 27.2 Å². The summed E-state index contributed by atoms with van der Waals surface area (Å²) >= 11 is 3.40. The molecule has 0 aliphatic rings. The smallest absolute Gasteiger partial charge is 0.0840 e. The maximum Gasteiger partial charge on any atom is 0.0840 e. The van der Waals surface area contributed by atoms with Gasteiger partial charge in [-0.15, -0.1) is 5.10 Å². The van der Waals surface area contributed by atoms with E-state index in [0.29, 0.717) is 0 Å². The lowest BCUT2D eigenvalue weighted by molar-refractivity contribution is 0.797. The average molecular weight is 280 g/mol. The molecule has 0 saturated heterocycles. The van der Waals surface area contributed by atoms with Gasteiger partial charge in [-0.25, -0.2) is 4.68 Å². The molecule has 2 aromatic rings. The summed E-state index contributed by atoms with van der Waals surface area (Å²) in [6, 6.07) is 6.30. The summed E-state index contributed by atoms with van der Waals surface area (Å²) in [5, 5.41) is 9.15. The van der Waals surface area contributed by atoms with Crippen molar-refractivity contribution in [2.45, 2.75) is 20.3 Å². The molecule has 3 nitrogen and oxygen atoms in total. The quantitative estimate of drug-likeness (QED) is 0.809. The molecule has 0 aliphatic carbocycles. The number of hydrogen-bond acceptors (Lipinski definition) is 2. The van der Waals surface area contributed by atoms with E-state index < -0.39 is 0 Å². The summed E-state index contributed by atoms with van der Waals surface area (Å²) < 4.78 is 1.82. The minimum Gasteiger partial charge on any atom is -0.220 e. The minimum atomic E-state index is 0.908. The van der Waals surface area contributed by atoms with Crippen LogP contribution in [-0.4, -0.2) is 20.3 Å². The number of benzene rings is 1. The van der Waals surface area contributed by atoms with Crippen molar-refractivity contribution >= 4 is 15.9 Å². The molecule has 2 rings (SSSR count). The van der Waals surface area contributed by atoms with E-state index in [-0.39, 0.29) is 0 Å². The Kier molecular flexibility index (Phi) is 3.39. The van der Waals surface area contributed by atoms with Crippen LogP contribution in [0.15, 0.2) is 24.4 Å². The van der Waals surface area contributed by atoms with Crippen LogP contribution in [0.4, 0.5) is 0 Å². The zero-order valence-corrected chi connectivity index (χ0v) is 11.0. The summed E-state index contributed by atoms with van der Waals surface area (Å²) in [6.45, 7) is 4.21. The Hall–Kier alpha value is -1.16. The van der Waals surface area contributed by atoms with Crippen LogP contribution in [0.2, 0.25) is 0 Å². The first-order valence-corrected chi connectivity index (χ1v) is 6.37. The second-order valence-electron chi connectivity index (χ2n) is 3.86. The van der Waals surface area contributed by atoms with Crippen LogP contribution in [-0.2, 0) is 6.42 Å². The Morgan fingerprint density at radius 3 is 2.75 bits per heavy atom. The molecule has 0 radical (unpaired) electrons. The van der Waals surface area contributed by atoms with Gasteiger partial charge in [0.25, 0.3) is 0 Å². The van der Waals surface area contributed by atoms with Crippen molar-refractivity contribution in [3.05, 3.63) is 41.2 Å². The first kappa shape index (κ1) is 11.3. The lowest BCUT2D eigenvalue weighted by atomic mass is 10.1. The standard InChI is InChI=1S/C12H14BrN3/c1-9-3-4-12(7-10(9)2)16-8-11(5-6-13)14-15-16/h3-4,7-8H,5-6H2,1-2H3. The monoisotopic (exact) mass is 279 g/mol. The topological polar surface area (TPSA) is 30.7 Å². The molecule has 1 heterocycles. The van der Waals surface area contributed by atoms with Crippen LogP contribution in [0.5, 0.6) is 0 Å². The maximum absolute atomic E-state index is 4.12. The van der Waals surface area contributed by atoms with Crippen LogP contribution in [0.25, 0.3) is 5.69 Å². The number of aryl methyl sites for hydroxylation is 3. The fourth-order valence-electron chi connectivity index (χ4n) is 1.50. The predicted molar refractivity (Wildman–Crippen MR) is 68.3 cm³/mol. The number of rotatable bonds is 3. The lowest BCUT2D eigenvalue weighted by Gasteiger charge is -2.03. The van der Waals surface area contributed by atoms with E-state index >= 15 is 0 Å². The molecule has 0 saturated carbocycles. The highest BCUT2D eigenvalue weighted by atomic mass is 79.9. The number of hydrogen-bond donors (Lipinski definition) is 0. The van der Waals surface area contributed by atoms with Crippen LogP contribution >= 0.6 is 15.9 Å². The fraction of sp³-hybridized carbons (Fsp3) is 0.333. The van der Waals surface area contributed by atoms with Gasteiger partial charge in [0, 0.05) is 11.8 Å². The molecule has 0 spiro atoms. The number of alkyl halides is 1. The van der Waals surface area contributed by atoms with Gasteiger partial charge in [-0.05, 0) is 37.1 Å². The van der Waals surface area contributed by atoms with Crippen LogP contribution in [0.3, 0.4) is 0 Å². The Bertz CT molecular complexity index is 491. The third kappa shape index (κ3) is 2.32. The van der Waals surface area contributed by atoms with Crippen molar-refractivity contribution < 1.29 is 0 Å². The fourth-order valence-corrected chi connectivity index (χ4v) is 1.91. The van der Waals surface area contributed by atoms with Gasteiger partial charge in [0.15, 0.2) is 0 Å². The van der Waals surface area contributed by atoms with Crippen LogP contribution in [0.1, 0.15) is 16.8 Å². The average Bonchev–Trinajstić information content (AvgIpc) is 2.71. The van der Waals surface area contributed by atoms with E-state index in [1.165, 1.54) is 11.1 Å². The molecule has 1 aromatic heterocycles. The second-order valence-corrected chi connectivity index (χ2v) is 4.65. The van der Waals surface area contributed by atoms with Crippen molar-refractivity contribution in [2.75, 3.05) is 5.33 Å². The second kappa shape index (κ2) is 4.78. The Labute approximate surface area is 104 Å². The Balaban J connectivity index is 2.31. The third-order valence-corrected chi connectivity index (χ3v) is 3.04. The highest BCUT2D eigenvalue weighted by Gasteiger charge is 2.03.